The van der Waals surface area contributed by atoms with Gasteiger partial charge in [0.2, 0.25) is 0 Å². The molecule has 2 aliphatic heterocycles. The Labute approximate surface area is 65.2 Å². The second kappa shape index (κ2) is 1.85. The summed E-state index contributed by atoms with van der Waals surface area (Å²) in [7, 11) is 0. The topological polar surface area (TPSA) is 52.3 Å². The minimum Gasteiger partial charge on any atom is -0.400 e. The van der Waals surface area contributed by atoms with Crippen molar-refractivity contribution in [1.82, 2.24) is 0 Å². The van der Waals surface area contributed by atoms with E-state index in [1.54, 1.807) is 0 Å². The monoisotopic (exact) mass is 153 g/mol. The number of carbonyl (C=O) groups excluding carboxylic acids is 1. The molecule has 2 bridgehead atoms. The van der Waals surface area contributed by atoms with Gasteiger partial charge in [-0.25, -0.2) is 0 Å². The zero-order valence-corrected chi connectivity index (χ0v) is 6.46. The van der Waals surface area contributed by atoms with Crippen molar-refractivity contribution in [2.75, 3.05) is 0 Å². The number of hydrogen-bond donors (Lipinski definition) is 1. The molecular weight excluding hydrogens is 142 g/mol. The van der Waals surface area contributed by atoms with Crippen LogP contribution in [-0.4, -0.2) is 17.5 Å². The first-order chi connectivity index (χ1) is 5.12. The molecule has 1 fully saturated rings. The zero-order valence-electron chi connectivity index (χ0n) is 6.46. The Morgan fingerprint density at radius 1 is 1.82 bits per heavy atom. The molecule has 2 N–H and O–H groups in total. The number of nitrogens with two attached hydrogens (primary N) is 1. The van der Waals surface area contributed by atoms with Crippen LogP contribution >= 0.6 is 0 Å². The van der Waals surface area contributed by atoms with Crippen molar-refractivity contribution in [2.45, 2.75) is 31.5 Å². The van der Waals surface area contributed by atoms with Crippen LogP contribution in [-0.2, 0) is 9.53 Å². The van der Waals surface area contributed by atoms with Crippen LogP contribution in [0.3, 0.4) is 0 Å². The number of rotatable bonds is 0. The summed E-state index contributed by atoms with van der Waals surface area (Å²) in [6.07, 6.45) is 3.19. The summed E-state index contributed by atoms with van der Waals surface area (Å²) in [5.74, 6) is 0.0174. The van der Waals surface area contributed by atoms with Crippen molar-refractivity contribution in [3.05, 3.63) is 11.8 Å². The van der Waals surface area contributed by atoms with Gasteiger partial charge in [-0.15, -0.1) is 0 Å². The van der Waals surface area contributed by atoms with Gasteiger partial charge < -0.3 is 10.5 Å². The molecule has 0 amide bonds. The molecular formula is C8H11NO2. The Morgan fingerprint density at radius 3 is 3.27 bits per heavy atom. The van der Waals surface area contributed by atoms with Crippen LogP contribution in [0.25, 0.3) is 0 Å². The molecule has 0 saturated carbocycles. The molecule has 60 valence electrons. The van der Waals surface area contributed by atoms with Crippen molar-refractivity contribution >= 4 is 5.78 Å². The number of carbonyl (C=O) groups is 1. The SMILES string of the molecule is CC12CCC(O1)C(N)=CC2=O. The molecule has 2 rings (SSSR count). The smallest absolute Gasteiger partial charge is 0.189 e. The van der Waals surface area contributed by atoms with Crippen LogP contribution in [0.1, 0.15) is 19.8 Å². The van der Waals surface area contributed by atoms with Gasteiger partial charge in [0, 0.05) is 11.8 Å². The summed E-state index contributed by atoms with van der Waals surface area (Å²) >= 11 is 0. The third-order valence-electron chi connectivity index (χ3n) is 2.48. The lowest BCUT2D eigenvalue weighted by molar-refractivity contribution is -0.136. The predicted octanol–water partition coefficient (Wildman–Crippen LogP) is 0.349. The second-order valence-corrected chi connectivity index (χ2v) is 3.38. The summed E-state index contributed by atoms with van der Waals surface area (Å²) < 4.78 is 5.47. The summed E-state index contributed by atoms with van der Waals surface area (Å²) in [4.78, 5) is 11.3. The van der Waals surface area contributed by atoms with Crippen molar-refractivity contribution in [3.8, 4) is 0 Å². The van der Waals surface area contributed by atoms with Gasteiger partial charge in [0.25, 0.3) is 0 Å². The van der Waals surface area contributed by atoms with E-state index in [4.69, 9.17) is 10.5 Å². The molecule has 0 aromatic rings. The van der Waals surface area contributed by atoms with Crippen molar-refractivity contribution in [1.29, 1.82) is 0 Å². The maximum Gasteiger partial charge on any atom is 0.189 e. The number of fused-ring (bicyclic) bond motifs is 2. The van der Waals surface area contributed by atoms with Gasteiger partial charge in [-0.1, -0.05) is 0 Å². The summed E-state index contributed by atoms with van der Waals surface area (Å²) in [5, 5.41) is 0. The molecule has 2 aliphatic rings. The molecule has 2 unspecified atom stereocenters. The molecule has 2 atom stereocenters. The second-order valence-electron chi connectivity index (χ2n) is 3.38. The Bertz CT molecular complexity index is 246. The first-order valence-corrected chi connectivity index (χ1v) is 3.81. The Kier molecular flexibility index (Phi) is 1.16. The highest BCUT2D eigenvalue weighted by atomic mass is 16.5. The average Bonchev–Trinajstić information content (AvgIpc) is 2.28. The fourth-order valence-electron chi connectivity index (χ4n) is 1.65. The Balaban J connectivity index is 2.41. The fourth-order valence-corrected chi connectivity index (χ4v) is 1.65. The van der Waals surface area contributed by atoms with E-state index < -0.39 is 5.60 Å². The van der Waals surface area contributed by atoms with Gasteiger partial charge >= 0.3 is 0 Å². The molecule has 0 spiro atoms. The Morgan fingerprint density at radius 2 is 2.55 bits per heavy atom. The fraction of sp³-hybridized carbons (Fsp3) is 0.625. The lowest BCUT2D eigenvalue weighted by atomic mass is 9.98. The molecule has 2 heterocycles. The molecule has 1 saturated heterocycles. The lowest BCUT2D eigenvalue weighted by Crippen LogP contribution is -2.39. The highest BCUT2D eigenvalue weighted by Gasteiger charge is 2.45. The van der Waals surface area contributed by atoms with Gasteiger partial charge in [0.15, 0.2) is 5.78 Å². The molecule has 0 aromatic carbocycles. The first kappa shape index (κ1) is 6.85. The molecule has 0 radical (unpaired) electrons. The molecule has 11 heavy (non-hydrogen) atoms. The maximum atomic E-state index is 11.3. The van der Waals surface area contributed by atoms with Gasteiger partial charge in [-0.05, 0) is 19.8 Å². The van der Waals surface area contributed by atoms with E-state index in [1.807, 2.05) is 6.92 Å². The number of hydrogen-bond acceptors (Lipinski definition) is 3. The van der Waals surface area contributed by atoms with Crippen molar-refractivity contribution in [3.63, 3.8) is 0 Å². The minimum atomic E-state index is -0.562. The van der Waals surface area contributed by atoms with Crippen LogP contribution in [0.2, 0.25) is 0 Å². The summed E-state index contributed by atoms with van der Waals surface area (Å²) in [6, 6.07) is 0. The highest BCUT2D eigenvalue weighted by molar-refractivity contribution is 5.98. The molecule has 0 aromatic heterocycles. The van der Waals surface area contributed by atoms with E-state index in [0.29, 0.717) is 5.70 Å². The predicted molar refractivity (Wildman–Crippen MR) is 39.8 cm³/mol. The highest BCUT2D eigenvalue weighted by Crippen LogP contribution is 2.36. The van der Waals surface area contributed by atoms with Crippen LogP contribution in [0, 0.1) is 0 Å². The minimum absolute atomic E-state index is 0.00213. The van der Waals surface area contributed by atoms with E-state index >= 15 is 0 Å². The quantitative estimate of drug-likeness (QED) is 0.546. The molecule has 3 heteroatoms. The van der Waals surface area contributed by atoms with Gasteiger partial charge in [-0.2, -0.15) is 0 Å². The van der Waals surface area contributed by atoms with E-state index in [1.165, 1.54) is 6.08 Å². The molecule has 3 nitrogen and oxygen atoms in total. The van der Waals surface area contributed by atoms with Gasteiger partial charge in [0.1, 0.15) is 5.60 Å². The first-order valence-electron chi connectivity index (χ1n) is 3.81. The van der Waals surface area contributed by atoms with Gasteiger partial charge in [0.05, 0.1) is 6.10 Å². The van der Waals surface area contributed by atoms with Crippen LogP contribution in [0.5, 0.6) is 0 Å². The summed E-state index contributed by atoms with van der Waals surface area (Å²) in [5.41, 5.74) is 5.61. The average molecular weight is 153 g/mol. The zero-order chi connectivity index (χ0) is 8.06. The third-order valence-corrected chi connectivity index (χ3v) is 2.48. The van der Waals surface area contributed by atoms with Crippen LogP contribution in [0.4, 0.5) is 0 Å². The Hall–Kier alpha value is -0.830. The van der Waals surface area contributed by atoms with E-state index in [0.717, 1.165) is 12.8 Å². The third kappa shape index (κ3) is 0.807. The maximum absolute atomic E-state index is 11.3. The van der Waals surface area contributed by atoms with Crippen molar-refractivity contribution in [2.24, 2.45) is 5.73 Å². The standard InChI is InChI=1S/C8H11NO2/c1-8-3-2-6(11-8)5(9)4-7(8)10/h4,6H,2-3,9H2,1H3. The number of ketones is 1. The summed E-state index contributed by atoms with van der Waals surface area (Å²) in [6.45, 7) is 1.83. The van der Waals surface area contributed by atoms with Crippen LogP contribution < -0.4 is 5.73 Å². The number of ether oxygens (including phenoxy) is 1. The van der Waals surface area contributed by atoms with E-state index in [9.17, 15) is 4.79 Å². The normalized spacial score (nSPS) is 42.5. The van der Waals surface area contributed by atoms with E-state index in [-0.39, 0.29) is 11.9 Å². The van der Waals surface area contributed by atoms with E-state index in [2.05, 4.69) is 0 Å². The van der Waals surface area contributed by atoms with Crippen LogP contribution in [0.15, 0.2) is 11.8 Å². The van der Waals surface area contributed by atoms with Gasteiger partial charge in [-0.3, -0.25) is 4.79 Å². The lowest BCUT2D eigenvalue weighted by Gasteiger charge is -2.26. The largest absolute Gasteiger partial charge is 0.400 e. The van der Waals surface area contributed by atoms with Crippen molar-refractivity contribution < 1.29 is 9.53 Å². The molecule has 0 aliphatic carbocycles.